The van der Waals surface area contributed by atoms with Gasteiger partial charge in [0.25, 0.3) is 5.69 Å². The number of Topliss-reactive ketones (excluding diaryl/α,β-unsaturated/α-hetero) is 2. The molecule has 3 rings (SSSR count). The number of benzene rings is 2. The number of nitro benzene ring substituents is 1. The van der Waals surface area contributed by atoms with Crippen LogP contribution in [-0.4, -0.2) is 23.1 Å². The van der Waals surface area contributed by atoms with Crippen molar-refractivity contribution in [3.63, 3.8) is 0 Å². The topological polar surface area (TPSA) is 86.5 Å². The van der Waals surface area contributed by atoms with E-state index in [4.69, 9.17) is 4.74 Å². The lowest BCUT2D eigenvalue weighted by Gasteiger charge is -2.18. The molecule has 0 amide bonds. The van der Waals surface area contributed by atoms with Gasteiger partial charge in [-0.2, -0.15) is 0 Å². The number of hydrogen-bond donors (Lipinski definition) is 0. The molecule has 1 aliphatic carbocycles. The van der Waals surface area contributed by atoms with Crippen LogP contribution in [0.25, 0.3) is 0 Å². The Balaban J connectivity index is 1.51. The van der Waals surface area contributed by atoms with Gasteiger partial charge in [-0.1, -0.05) is 42.0 Å². The van der Waals surface area contributed by atoms with Crippen molar-refractivity contribution >= 4 is 17.3 Å². The summed E-state index contributed by atoms with van der Waals surface area (Å²) in [6.07, 6.45) is 6.22. The molecule has 1 aliphatic rings. The number of non-ortho nitro benzene ring substituents is 1. The van der Waals surface area contributed by atoms with Crippen molar-refractivity contribution in [1.82, 2.24) is 0 Å². The Morgan fingerprint density at radius 2 is 1.58 bits per heavy atom. The van der Waals surface area contributed by atoms with Gasteiger partial charge in [-0.3, -0.25) is 19.7 Å². The van der Waals surface area contributed by atoms with Crippen LogP contribution in [0.3, 0.4) is 0 Å². The third kappa shape index (κ3) is 5.92. The predicted octanol–water partition coefficient (Wildman–Crippen LogP) is 6.43. The van der Waals surface area contributed by atoms with Gasteiger partial charge in [0.05, 0.1) is 4.92 Å². The monoisotopic (exact) mass is 445 g/mol. The summed E-state index contributed by atoms with van der Waals surface area (Å²) >= 11 is 0. The number of nitrogens with zero attached hydrogens (tertiary/aromatic N) is 1. The molecule has 0 heterocycles. The van der Waals surface area contributed by atoms with Crippen molar-refractivity contribution in [3.8, 4) is 5.75 Å². The molecule has 2 aromatic carbocycles. The standard InChI is InChI=1S/C27H27NO5/c1-18(7-6-8-19(2)17-33-22-14-12-21(13-15-22)28(31)32)11-16-23-20(3)26(29)24-9-4-5-10-25(24)27(23)30/h4-5,8-15H,6-7,16-17H2,1-3H3/b18-11+,19-8+. The zero-order valence-electron chi connectivity index (χ0n) is 19.1. The summed E-state index contributed by atoms with van der Waals surface area (Å²) in [4.78, 5) is 35.7. The van der Waals surface area contributed by atoms with E-state index < -0.39 is 4.92 Å². The van der Waals surface area contributed by atoms with Crippen LogP contribution in [0.1, 0.15) is 60.7 Å². The molecule has 0 spiro atoms. The number of ether oxygens (including phenoxy) is 1. The molecule has 0 fully saturated rings. The van der Waals surface area contributed by atoms with Gasteiger partial charge in [0, 0.05) is 34.4 Å². The number of carbonyl (C=O) groups is 2. The maximum Gasteiger partial charge on any atom is 0.269 e. The van der Waals surface area contributed by atoms with Gasteiger partial charge in [-0.15, -0.1) is 0 Å². The summed E-state index contributed by atoms with van der Waals surface area (Å²) in [6, 6.07) is 13.0. The van der Waals surface area contributed by atoms with Crippen molar-refractivity contribution < 1.29 is 19.2 Å². The van der Waals surface area contributed by atoms with Crippen molar-refractivity contribution in [2.45, 2.75) is 40.0 Å². The van der Waals surface area contributed by atoms with Gasteiger partial charge in [-0.05, 0) is 57.7 Å². The van der Waals surface area contributed by atoms with Crippen LogP contribution in [0.2, 0.25) is 0 Å². The number of carbonyl (C=O) groups excluding carboxylic acids is 2. The fraction of sp³-hybridized carbons (Fsp3) is 0.259. The maximum absolute atomic E-state index is 12.8. The predicted molar refractivity (Wildman–Crippen MR) is 128 cm³/mol. The molecule has 6 nitrogen and oxygen atoms in total. The van der Waals surface area contributed by atoms with E-state index >= 15 is 0 Å². The molecule has 33 heavy (non-hydrogen) atoms. The molecule has 170 valence electrons. The Morgan fingerprint density at radius 3 is 2.21 bits per heavy atom. The molecule has 0 aromatic heterocycles. The minimum absolute atomic E-state index is 0.0336. The molecule has 0 bridgehead atoms. The minimum atomic E-state index is -0.441. The van der Waals surface area contributed by atoms with Crippen molar-refractivity contribution in [3.05, 3.63) is 104 Å². The van der Waals surface area contributed by atoms with E-state index in [2.05, 4.69) is 6.08 Å². The molecule has 0 radical (unpaired) electrons. The van der Waals surface area contributed by atoms with E-state index in [1.54, 1.807) is 43.3 Å². The van der Waals surface area contributed by atoms with Gasteiger partial charge in [0.2, 0.25) is 0 Å². The lowest BCUT2D eigenvalue weighted by atomic mass is 9.83. The molecule has 0 aliphatic heterocycles. The quantitative estimate of drug-likeness (QED) is 0.252. The first-order valence-electron chi connectivity index (χ1n) is 10.8. The highest BCUT2D eigenvalue weighted by molar-refractivity contribution is 6.26. The fourth-order valence-corrected chi connectivity index (χ4v) is 3.64. The fourth-order valence-electron chi connectivity index (χ4n) is 3.64. The first kappa shape index (κ1) is 23.9. The average Bonchev–Trinajstić information content (AvgIpc) is 2.81. The highest BCUT2D eigenvalue weighted by Gasteiger charge is 2.28. The van der Waals surface area contributed by atoms with Gasteiger partial charge >= 0.3 is 0 Å². The van der Waals surface area contributed by atoms with E-state index in [1.807, 2.05) is 19.9 Å². The van der Waals surface area contributed by atoms with Crippen LogP contribution in [0.15, 0.2) is 83.0 Å². The molecule has 6 heteroatoms. The summed E-state index contributed by atoms with van der Waals surface area (Å²) in [6.45, 7) is 6.13. The molecule has 0 saturated carbocycles. The van der Waals surface area contributed by atoms with Crippen LogP contribution in [0.5, 0.6) is 5.75 Å². The van der Waals surface area contributed by atoms with Crippen molar-refractivity contribution in [2.75, 3.05) is 6.61 Å². The van der Waals surface area contributed by atoms with Gasteiger partial charge in [0.1, 0.15) is 12.4 Å². The van der Waals surface area contributed by atoms with Gasteiger partial charge in [0.15, 0.2) is 11.6 Å². The lowest BCUT2D eigenvalue weighted by molar-refractivity contribution is -0.384. The summed E-state index contributed by atoms with van der Waals surface area (Å²) in [5.74, 6) is 0.449. The molecule has 0 atom stereocenters. The van der Waals surface area contributed by atoms with Crippen LogP contribution in [0.4, 0.5) is 5.69 Å². The van der Waals surface area contributed by atoms with Crippen LogP contribution in [-0.2, 0) is 0 Å². The highest BCUT2D eigenvalue weighted by Crippen LogP contribution is 2.28. The van der Waals surface area contributed by atoms with E-state index in [9.17, 15) is 19.7 Å². The van der Waals surface area contributed by atoms with Crippen molar-refractivity contribution in [1.29, 1.82) is 0 Å². The Kier molecular flexibility index (Phi) is 7.72. The van der Waals surface area contributed by atoms with E-state index in [1.165, 1.54) is 12.1 Å². The van der Waals surface area contributed by atoms with E-state index in [0.29, 0.717) is 41.1 Å². The zero-order valence-corrected chi connectivity index (χ0v) is 19.1. The summed E-state index contributed by atoms with van der Waals surface area (Å²) < 4.78 is 5.67. The normalized spacial score (nSPS) is 14.4. The highest BCUT2D eigenvalue weighted by atomic mass is 16.6. The first-order valence-corrected chi connectivity index (χ1v) is 10.8. The zero-order chi connectivity index (χ0) is 24.0. The Hall–Kier alpha value is -3.80. The average molecular weight is 446 g/mol. The summed E-state index contributed by atoms with van der Waals surface area (Å²) in [5, 5.41) is 10.7. The smallest absolute Gasteiger partial charge is 0.269 e. The van der Waals surface area contributed by atoms with E-state index in [-0.39, 0.29) is 17.3 Å². The summed E-state index contributed by atoms with van der Waals surface area (Å²) in [5.41, 5.74) is 4.32. The number of allylic oxidation sites excluding steroid dienone is 5. The number of rotatable bonds is 9. The largest absolute Gasteiger partial charge is 0.489 e. The van der Waals surface area contributed by atoms with Crippen molar-refractivity contribution in [2.24, 2.45) is 0 Å². The maximum atomic E-state index is 12.8. The van der Waals surface area contributed by atoms with E-state index in [0.717, 1.165) is 24.0 Å². The SMILES string of the molecule is CC1=C(C/C=C(\C)CC/C=C(\C)COc2ccc([N+](=O)[O-])cc2)C(=O)c2ccccc2C1=O. The minimum Gasteiger partial charge on any atom is -0.489 e. The molecular formula is C27H27NO5. The van der Waals surface area contributed by atoms with Gasteiger partial charge < -0.3 is 4.74 Å². The number of ketones is 2. The summed E-state index contributed by atoms with van der Waals surface area (Å²) in [7, 11) is 0. The molecule has 2 aromatic rings. The number of fused-ring (bicyclic) bond motifs is 1. The Bertz CT molecular complexity index is 1170. The first-order chi connectivity index (χ1) is 15.8. The molecule has 0 saturated heterocycles. The Labute approximate surface area is 193 Å². The van der Waals surface area contributed by atoms with Crippen LogP contribution in [0, 0.1) is 10.1 Å². The Morgan fingerprint density at radius 1 is 0.939 bits per heavy atom. The second-order valence-corrected chi connectivity index (χ2v) is 8.19. The molecule has 0 unspecified atom stereocenters. The number of hydrogen-bond acceptors (Lipinski definition) is 5. The van der Waals surface area contributed by atoms with Gasteiger partial charge in [-0.25, -0.2) is 0 Å². The number of nitro groups is 1. The third-order valence-corrected chi connectivity index (χ3v) is 5.68. The second kappa shape index (κ2) is 10.7. The molecule has 0 N–H and O–H groups in total. The third-order valence-electron chi connectivity index (χ3n) is 5.68. The lowest BCUT2D eigenvalue weighted by Crippen LogP contribution is -2.20. The van der Waals surface area contributed by atoms with Crippen LogP contribution < -0.4 is 4.74 Å². The van der Waals surface area contributed by atoms with Crippen LogP contribution >= 0.6 is 0 Å². The molecular weight excluding hydrogens is 418 g/mol. The second-order valence-electron chi connectivity index (χ2n) is 8.19.